The van der Waals surface area contributed by atoms with E-state index in [-0.39, 0.29) is 18.3 Å². The van der Waals surface area contributed by atoms with E-state index >= 15 is 0 Å². The number of rotatable bonds is 7. The van der Waals surface area contributed by atoms with Crippen LogP contribution < -0.4 is 10.6 Å². The number of hydrogen-bond acceptors (Lipinski definition) is 3. The van der Waals surface area contributed by atoms with E-state index in [0.717, 1.165) is 25.1 Å². The van der Waals surface area contributed by atoms with E-state index in [9.17, 15) is 4.79 Å². The van der Waals surface area contributed by atoms with Gasteiger partial charge in [-0.1, -0.05) is 6.92 Å². The third kappa shape index (κ3) is 6.28. The highest BCUT2D eigenvalue weighted by Gasteiger charge is 2.03. The summed E-state index contributed by atoms with van der Waals surface area (Å²) in [5, 5.41) is 6.13. The van der Waals surface area contributed by atoms with E-state index in [2.05, 4.69) is 17.6 Å². The molecule has 0 saturated carbocycles. The van der Waals surface area contributed by atoms with Gasteiger partial charge in [0.15, 0.2) is 0 Å². The van der Waals surface area contributed by atoms with E-state index in [0.29, 0.717) is 6.54 Å². The van der Waals surface area contributed by atoms with E-state index < -0.39 is 0 Å². The van der Waals surface area contributed by atoms with Gasteiger partial charge in [-0.05, 0) is 43.5 Å². The van der Waals surface area contributed by atoms with Crippen LogP contribution in [-0.2, 0) is 0 Å². The van der Waals surface area contributed by atoms with Gasteiger partial charge in [0.25, 0.3) is 5.91 Å². The van der Waals surface area contributed by atoms with Crippen LogP contribution in [0.3, 0.4) is 0 Å². The molecule has 0 saturated heterocycles. The minimum atomic E-state index is -0.00375. The van der Waals surface area contributed by atoms with Crippen molar-refractivity contribution >= 4 is 30.1 Å². The predicted octanol–water partition coefficient (Wildman–Crippen LogP) is 2.56. The van der Waals surface area contributed by atoms with Crippen molar-refractivity contribution in [2.75, 3.05) is 25.9 Å². The zero-order valence-corrected chi connectivity index (χ0v) is 12.5. The van der Waals surface area contributed by atoms with Crippen molar-refractivity contribution in [1.29, 1.82) is 0 Å². The van der Waals surface area contributed by atoms with Crippen LogP contribution in [0.5, 0.6) is 0 Å². The SMILES string of the molecule is CCCNCCNC(=O)c1ccc(SC)cc1.Cl. The molecule has 0 bridgehead atoms. The Kier molecular flexibility index (Phi) is 9.83. The molecule has 0 aliphatic carbocycles. The Labute approximate surface area is 120 Å². The molecule has 0 atom stereocenters. The largest absolute Gasteiger partial charge is 0.351 e. The molecule has 0 aliphatic rings. The van der Waals surface area contributed by atoms with Crippen LogP contribution in [-0.4, -0.2) is 31.8 Å². The lowest BCUT2D eigenvalue weighted by molar-refractivity contribution is 0.0954. The lowest BCUT2D eigenvalue weighted by Crippen LogP contribution is -2.32. The van der Waals surface area contributed by atoms with Gasteiger partial charge in [0.05, 0.1) is 0 Å². The first-order valence-corrected chi connectivity index (χ1v) is 7.13. The van der Waals surface area contributed by atoms with Crippen molar-refractivity contribution in [3.8, 4) is 0 Å². The van der Waals surface area contributed by atoms with Crippen molar-refractivity contribution in [1.82, 2.24) is 10.6 Å². The molecule has 102 valence electrons. The average molecular weight is 289 g/mol. The monoisotopic (exact) mass is 288 g/mol. The van der Waals surface area contributed by atoms with Crippen molar-refractivity contribution in [3.63, 3.8) is 0 Å². The van der Waals surface area contributed by atoms with Crippen LogP contribution in [0.4, 0.5) is 0 Å². The number of amides is 1. The predicted molar refractivity (Wildman–Crippen MR) is 81.0 cm³/mol. The molecule has 18 heavy (non-hydrogen) atoms. The molecule has 1 aromatic carbocycles. The van der Waals surface area contributed by atoms with Gasteiger partial charge >= 0.3 is 0 Å². The highest BCUT2D eigenvalue weighted by Crippen LogP contribution is 2.14. The summed E-state index contributed by atoms with van der Waals surface area (Å²) in [7, 11) is 0. The minimum Gasteiger partial charge on any atom is -0.351 e. The summed E-state index contributed by atoms with van der Waals surface area (Å²) in [6.07, 6.45) is 3.14. The third-order valence-electron chi connectivity index (χ3n) is 2.37. The van der Waals surface area contributed by atoms with Gasteiger partial charge in [0.1, 0.15) is 0 Å². The maximum atomic E-state index is 11.7. The molecule has 0 heterocycles. The fraction of sp³-hybridized carbons (Fsp3) is 0.462. The molecule has 0 aliphatic heterocycles. The normalized spacial score (nSPS) is 9.67. The van der Waals surface area contributed by atoms with Gasteiger partial charge in [-0.25, -0.2) is 0 Å². The van der Waals surface area contributed by atoms with Gasteiger partial charge in [-0.2, -0.15) is 0 Å². The molecular weight excluding hydrogens is 268 g/mol. The standard InChI is InChI=1S/C13H20N2OS.ClH/c1-3-8-14-9-10-15-13(16)11-4-6-12(17-2)7-5-11;/h4-7,14H,3,8-10H2,1-2H3,(H,15,16);1H. The maximum Gasteiger partial charge on any atom is 0.251 e. The molecule has 0 aromatic heterocycles. The highest BCUT2D eigenvalue weighted by molar-refractivity contribution is 7.98. The molecule has 5 heteroatoms. The van der Waals surface area contributed by atoms with E-state index in [1.807, 2.05) is 30.5 Å². The van der Waals surface area contributed by atoms with Crippen molar-refractivity contribution < 1.29 is 4.79 Å². The Morgan fingerprint density at radius 3 is 2.39 bits per heavy atom. The Morgan fingerprint density at radius 2 is 1.83 bits per heavy atom. The average Bonchev–Trinajstić information content (AvgIpc) is 2.38. The molecule has 0 unspecified atom stereocenters. The summed E-state index contributed by atoms with van der Waals surface area (Å²) < 4.78 is 0. The number of benzene rings is 1. The molecule has 0 fully saturated rings. The lowest BCUT2D eigenvalue weighted by atomic mass is 10.2. The molecule has 3 nitrogen and oxygen atoms in total. The summed E-state index contributed by atoms with van der Waals surface area (Å²) in [4.78, 5) is 12.9. The highest BCUT2D eigenvalue weighted by atomic mass is 35.5. The summed E-state index contributed by atoms with van der Waals surface area (Å²) in [5.74, 6) is -0.00375. The third-order valence-corrected chi connectivity index (χ3v) is 3.11. The Bertz CT molecular complexity index is 343. The lowest BCUT2D eigenvalue weighted by Gasteiger charge is -2.06. The first-order valence-electron chi connectivity index (χ1n) is 5.91. The second-order valence-corrected chi connectivity index (χ2v) is 4.61. The summed E-state index contributed by atoms with van der Waals surface area (Å²) >= 11 is 1.67. The van der Waals surface area contributed by atoms with Crippen molar-refractivity contribution in [3.05, 3.63) is 29.8 Å². The molecule has 0 radical (unpaired) electrons. The molecule has 1 rings (SSSR count). The number of hydrogen-bond donors (Lipinski definition) is 2. The van der Waals surface area contributed by atoms with Crippen LogP contribution >= 0.6 is 24.2 Å². The van der Waals surface area contributed by atoms with Gasteiger partial charge in [0, 0.05) is 23.5 Å². The fourth-order valence-corrected chi connectivity index (χ4v) is 1.82. The summed E-state index contributed by atoms with van der Waals surface area (Å²) in [6, 6.07) is 7.66. The smallest absolute Gasteiger partial charge is 0.251 e. The van der Waals surface area contributed by atoms with Gasteiger partial charge in [-0.15, -0.1) is 24.2 Å². The summed E-state index contributed by atoms with van der Waals surface area (Å²) in [6.45, 7) is 4.61. The second kappa shape index (κ2) is 10.2. The molecule has 1 aromatic rings. The van der Waals surface area contributed by atoms with E-state index in [1.54, 1.807) is 11.8 Å². The number of carbonyl (C=O) groups excluding carboxylic acids is 1. The van der Waals surface area contributed by atoms with Crippen molar-refractivity contribution in [2.45, 2.75) is 18.2 Å². The van der Waals surface area contributed by atoms with Gasteiger partial charge < -0.3 is 10.6 Å². The first kappa shape index (κ1) is 17.3. The van der Waals surface area contributed by atoms with Crippen LogP contribution in [0.1, 0.15) is 23.7 Å². The fourth-order valence-electron chi connectivity index (χ4n) is 1.41. The molecular formula is C13H21ClN2OS. The van der Waals surface area contributed by atoms with Crippen LogP contribution in [0.25, 0.3) is 0 Å². The number of thioether (sulfide) groups is 1. The number of halogens is 1. The molecule has 0 spiro atoms. The van der Waals surface area contributed by atoms with Crippen LogP contribution in [0, 0.1) is 0 Å². The Morgan fingerprint density at radius 1 is 1.17 bits per heavy atom. The van der Waals surface area contributed by atoms with Gasteiger partial charge in [0.2, 0.25) is 0 Å². The van der Waals surface area contributed by atoms with E-state index in [4.69, 9.17) is 0 Å². The number of carbonyl (C=O) groups is 1. The minimum absolute atomic E-state index is 0. The van der Waals surface area contributed by atoms with Crippen LogP contribution in [0.2, 0.25) is 0 Å². The van der Waals surface area contributed by atoms with Crippen LogP contribution in [0.15, 0.2) is 29.2 Å². The van der Waals surface area contributed by atoms with Crippen molar-refractivity contribution in [2.24, 2.45) is 0 Å². The molecule has 2 N–H and O–H groups in total. The topological polar surface area (TPSA) is 41.1 Å². The maximum absolute atomic E-state index is 11.7. The zero-order chi connectivity index (χ0) is 12.5. The number of nitrogens with one attached hydrogen (secondary N) is 2. The Balaban J connectivity index is 0.00000289. The first-order chi connectivity index (χ1) is 8.27. The van der Waals surface area contributed by atoms with Gasteiger partial charge in [-0.3, -0.25) is 4.79 Å². The quantitative estimate of drug-likeness (QED) is 0.598. The zero-order valence-electron chi connectivity index (χ0n) is 10.9. The summed E-state index contributed by atoms with van der Waals surface area (Å²) in [5.41, 5.74) is 0.721. The second-order valence-electron chi connectivity index (χ2n) is 3.73. The molecule has 1 amide bonds. The van der Waals surface area contributed by atoms with E-state index in [1.165, 1.54) is 4.90 Å². The Hall–Kier alpha value is -0.710.